The van der Waals surface area contributed by atoms with Crippen molar-refractivity contribution >= 4 is 65.6 Å². The Morgan fingerprint density at radius 3 is 2.27 bits per heavy atom. The summed E-state index contributed by atoms with van der Waals surface area (Å²) >= 11 is 0. The molecule has 0 spiro atoms. The van der Waals surface area contributed by atoms with Crippen molar-refractivity contribution in [2.45, 2.75) is 57.8 Å². The number of carbonyl (C=O) groups is 5. The lowest BCUT2D eigenvalue weighted by Crippen LogP contribution is -2.52. The highest BCUT2D eigenvalue weighted by Crippen LogP contribution is 2.45. The first kappa shape index (κ1) is 43.7. The van der Waals surface area contributed by atoms with E-state index < -0.39 is 31.8 Å². The average molecular weight is 900 g/mol. The molecule has 1 aliphatic carbocycles. The van der Waals surface area contributed by atoms with Crippen molar-refractivity contribution < 1.29 is 38.5 Å². The summed E-state index contributed by atoms with van der Waals surface area (Å²) in [5, 5.41) is 25.1. The van der Waals surface area contributed by atoms with Crippen molar-refractivity contribution in [1.82, 2.24) is 20.1 Å². The maximum atomic E-state index is 14.2. The molecule has 0 unspecified atom stereocenters. The van der Waals surface area contributed by atoms with E-state index in [9.17, 15) is 29.1 Å². The fourth-order valence-corrected chi connectivity index (χ4v) is 13.9. The fraction of sp³-hybridized carbons (Fsp3) is 0.255. The van der Waals surface area contributed by atoms with Gasteiger partial charge in [0.05, 0.1) is 30.3 Å². The number of aryl methyl sites for hydroxylation is 1. The van der Waals surface area contributed by atoms with Crippen LogP contribution in [0.3, 0.4) is 0 Å². The number of carboxylic acid groups (broad SMARTS) is 1. The predicted octanol–water partition coefficient (Wildman–Crippen LogP) is 5.22. The van der Waals surface area contributed by atoms with E-state index in [2.05, 4.69) is 52.4 Å². The zero-order chi connectivity index (χ0) is 46.4. The normalized spacial score (nSPS) is 17.2. The highest BCUT2D eigenvalue weighted by Gasteiger charge is 2.44. The number of fused-ring (bicyclic) bond motifs is 7. The molecule has 4 aromatic carbocycles. The molecule has 5 aromatic rings. The van der Waals surface area contributed by atoms with Gasteiger partial charge in [0, 0.05) is 74.4 Å². The van der Waals surface area contributed by atoms with Gasteiger partial charge < -0.3 is 24.5 Å². The maximum Gasteiger partial charge on any atom is 0.333 e. The molecule has 334 valence electrons. The van der Waals surface area contributed by atoms with E-state index in [0.29, 0.717) is 28.6 Å². The van der Waals surface area contributed by atoms with Crippen LogP contribution in [0, 0.1) is 0 Å². The lowest BCUT2D eigenvalue weighted by molar-refractivity contribution is -0.462. The highest BCUT2D eigenvalue weighted by molar-refractivity contribution is 6.99. The molecule has 3 amide bonds. The third kappa shape index (κ3) is 7.78. The van der Waals surface area contributed by atoms with Gasteiger partial charge in [-0.25, -0.2) is 14.1 Å². The molecule has 9 rings (SSSR count). The number of hydrogen-bond donors (Lipinski definition) is 0. The van der Waals surface area contributed by atoms with Crippen LogP contribution >= 0.6 is 0 Å². The fourth-order valence-electron chi connectivity index (χ4n) is 9.62. The molecule has 0 radical (unpaired) electrons. The molecule has 66 heavy (non-hydrogen) atoms. The summed E-state index contributed by atoms with van der Waals surface area (Å²) < 4.78 is 4.03. The minimum atomic E-state index is -2.66. The van der Waals surface area contributed by atoms with E-state index in [1.807, 2.05) is 93.5 Å². The van der Waals surface area contributed by atoms with Gasteiger partial charge in [0.2, 0.25) is 5.91 Å². The van der Waals surface area contributed by atoms with Crippen molar-refractivity contribution in [3.8, 4) is 22.5 Å². The number of para-hydroxylation sites is 1. The zero-order valence-electron chi connectivity index (χ0n) is 37.5. The third-order valence-electron chi connectivity index (χ3n) is 13.1. The van der Waals surface area contributed by atoms with Crippen molar-refractivity contribution in [1.29, 1.82) is 0 Å². The van der Waals surface area contributed by atoms with Crippen molar-refractivity contribution in [2.24, 2.45) is 0 Å². The van der Waals surface area contributed by atoms with Crippen molar-refractivity contribution in [3.05, 3.63) is 142 Å². The molecule has 14 nitrogen and oxygen atoms in total. The third-order valence-corrected chi connectivity index (χ3v) is 17.6. The Labute approximate surface area is 383 Å². The standard InChI is InChI=1S/C51H49N7O7Si/c1-54(2)33-19-21-39-42(29-33)66(5,43-30-34(55(3)4)20-22-40(43)48(39)36-15-8-9-16-37(36)51(63)64)28-12-27-57-50-38-17-10-11-18-41(38)56(31-32-13-6-7-14-35(32)49(50)52-53-57)44(59)25-26-47(62)65-58-45(60)23-24-46(58)61/h6-11,13-22,29-30H,12,23-28,31H2,1-5H3. The predicted molar refractivity (Wildman–Crippen MR) is 251 cm³/mol. The van der Waals surface area contributed by atoms with Gasteiger partial charge in [-0.3, -0.25) is 14.4 Å². The summed E-state index contributed by atoms with van der Waals surface area (Å²) in [6.45, 7) is 3.11. The van der Waals surface area contributed by atoms with Crippen LogP contribution in [0.25, 0.3) is 28.1 Å². The summed E-state index contributed by atoms with van der Waals surface area (Å²) in [6.07, 6.45) is 6.64. The Balaban J connectivity index is 1.08. The van der Waals surface area contributed by atoms with Gasteiger partial charge in [-0.1, -0.05) is 84.6 Å². The number of amides is 3. The number of nitrogens with zero attached hydrogens (tertiary/aromatic N) is 7. The van der Waals surface area contributed by atoms with Gasteiger partial charge in [0.1, 0.15) is 27.9 Å². The Bertz CT molecular complexity index is 3000. The zero-order valence-corrected chi connectivity index (χ0v) is 38.5. The number of hydroxylamine groups is 2. The summed E-state index contributed by atoms with van der Waals surface area (Å²) in [6, 6.07) is 29.8. The Morgan fingerprint density at radius 2 is 1.55 bits per heavy atom. The van der Waals surface area contributed by atoms with Crippen LogP contribution in [-0.4, -0.2) is 96.3 Å². The maximum absolute atomic E-state index is 14.2. The molecule has 15 heteroatoms. The van der Waals surface area contributed by atoms with E-state index >= 15 is 0 Å². The number of hydrogen-bond acceptors (Lipinski definition) is 10. The van der Waals surface area contributed by atoms with Crippen LogP contribution in [-0.2, 0) is 37.1 Å². The van der Waals surface area contributed by atoms with Crippen LogP contribution in [0.2, 0.25) is 12.6 Å². The first-order valence-corrected chi connectivity index (χ1v) is 24.8. The molecule has 1 aromatic heterocycles. The number of benzene rings is 4. The lowest BCUT2D eigenvalue weighted by atomic mass is 9.87. The van der Waals surface area contributed by atoms with Crippen LogP contribution in [0.5, 0.6) is 0 Å². The average Bonchev–Trinajstić information content (AvgIpc) is 3.87. The van der Waals surface area contributed by atoms with Crippen LogP contribution < -0.4 is 20.1 Å². The van der Waals surface area contributed by atoms with Gasteiger partial charge >= 0.3 is 5.97 Å². The van der Waals surface area contributed by atoms with Crippen LogP contribution in [0.4, 0.5) is 11.4 Å². The molecule has 1 saturated heterocycles. The van der Waals surface area contributed by atoms with E-state index in [1.165, 1.54) is 10.4 Å². The second-order valence-electron chi connectivity index (χ2n) is 17.6. The number of aromatic nitrogens is 3. The minimum Gasteiger partial charge on any atom is -0.545 e. The van der Waals surface area contributed by atoms with Crippen molar-refractivity contribution in [2.75, 3.05) is 38.0 Å². The first-order chi connectivity index (χ1) is 31.7. The van der Waals surface area contributed by atoms with Gasteiger partial charge in [-0.2, -0.15) is 0 Å². The molecule has 4 aliphatic rings. The van der Waals surface area contributed by atoms with Gasteiger partial charge in [-0.15, -0.1) is 10.2 Å². The molecule has 3 aliphatic heterocycles. The molecule has 4 heterocycles. The number of imide groups is 1. The quantitative estimate of drug-likeness (QED) is 0.0978. The van der Waals surface area contributed by atoms with E-state index in [1.54, 1.807) is 17.0 Å². The van der Waals surface area contributed by atoms with E-state index in [0.717, 1.165) is 63.0 Å². The van der Waals surface area contributed by atoms with Crippen molar-refractivity contribution in [3.63, 3.8) is 0 Å². The number of aromatic carboxylic acids is 1. The second kappa shape index (κ2) is 17.5. The molecule has 0 saturated carbocycles. The monoisotopic (exact) mass is 899 g/mol. The number of anilines is 2. The Morgan fingerprint density at radius 1 is 0.848 bits per heavy atom. The van der Waals surface area contributed by atoms with Gasteiger partial charge in [-0.05, 0) is 75.0 Å². The molecular formula is C51H49N7O7Si. The van der Waals surface area contributed by atoms with Gasteiger partial charge in [0.25, 0.3) is 11.8 Å². The number of rotatable bonds is 11. The van der Waals surface area contributed by atoms with Crippen LogP contribution in [0.15, 0.2) is 120 Å². The van der Waals surface area contributed by atoms with Crippen LogP contribution in [0.1, 0.15) is 59.2 Å². The topological polar surface area (TPSA) is 161 Å². The summed E-state index contributed by atoms with van der Waals surface area (Å²) in [5.41, 5.74) is 10.3. The molecule has 0 N–H and O–H groups in total. The highest BCUT2D eigenvalue weighted by atomic mass is 28.3. The molecule has 0 bridgehead atoms. The summed E-state index contributed by atoms with van der Waals surface area (Å²) in [4.78, 5) is 72.6. The summed E-state index contributed by atoms with van der Waals surface area (Å²) in [7, 11) is 5.44. The van der Waals surface area contributed by atoms with E-state index in [-0.39, 0.29) is 43.7 Å². The summed E-state index contributed by atoms with van der Waals surface area (Å²) in [5.74, 6) is -3.57. The minimum absolute atomic E-state index is 0.0235. The Kier molecular flexibility index (Phi) is 11.6. The largest absolute Gasteiger partial charge is 0.545 e. The van der Waals surface area contributed by atoms with Gasteiger partial charge in [0.15, 0.2) is 5.71 Å². The van der Waals surface area contributed by atoms with E-state index in [4.69, 9.17) is 15.1 Å². The first-order valence-electron chi connectivity index (χ1n) is 22.1. The number of carboxylic acids is 1. The molecule has 1 fully saturated rings. The molecular weight excluding hydrogens is 851 g/mol. The smallest absolute Gasteiger partial charge is 0.333 e. The number of carbonyl (C=O) groups excluding carboxylic acids is 5. The lowest BCUT2D eigenvalue weighted by Gasteiger charge is -2.41. The SMILES string of the molecule is CN(C)c1ccc2c(c1)[Si@](C)(CCCn1nnc3c1-c1ccccc1N(C(=O)CCC(=O)ON1C(=O)CCC1=O)Cc1ccccc1-3)C1=CC(=[N+](C)C)C=CC1=C2c1ccccc1C(=O)[O-]. The number of allylic oxidation sites excluding steroid dienone is 5. The Hall–Kier alpha value is -7.52. The molecule has 1 atom stereocenters. The second-order valence-corrected chi connectivity index (χ2v) is 21.8.